The summed E-state index contributed by atoms with van der Waals surface area (Å²) in [6.45, 7) is 1.30. The normalized spacial score (nSPS) is 19.8. The van der Waals surface area contributed by atoms with E-state index in [0.717, 1.165) is 55.8 Å². The van der Waals surface area contributed by atoms with Gasteiger partial charge in [-0.15, -0.1) is 0 Å². The second-order valence-electron chi connectivity index (χ2n) is 24.6. The van der Waals surface area contributed by atoms with Gasteiger partial charge in [-0.3, -0.25) is 4.57 Å². The lowest BCUT2D eigenvalue weighted by Crippen LogP contribution is -2.63. The quantitative estimate of drug-likeness (QED) is 0.0383. The number of aromatic nitrogens is 4. The summed E-state index contributed by atoms with van der Waals surface area (Å²) < 4.78 is 95.0. The van der Waals surface area contributed by atoms with Gasteiger partial charge >= 0.3 is 0 Å². The first kappa shape index (κ1) is 69.4. The number of nitrogens with zero attached hydrogens (tertiary/aromatic N) is 4. The molecule has 4 heterocycles. The van der Waals surface area contributed by atoms with Crippen LogP contribution in [0, 0.1) is 0 Å². The van der Waals surface area contributed by atoms with Gasteiger partial charge in [-0.1, -0.05) is 182 Å². The minimum atomic E-state index is -1.21. The van der Waals surface area contributed by atoms with Crippen LogP contribution in [0.2, 0.25) is 0 Å². The van der Waals surface area contributed by atoms with Crippen LogP contribution in [0.1, 0.15) is 56.3 Å². The molecule has 2 aliphatic heterocycles. The van der Waals surface area contributed by atoms with Gasteiger partial charge in [0.2, 0.25) is 0 Å². The summed E-state index contributed by atoms with van der Waals surface area (Å²) in [6.07, 6.45) is -5.17. The Labute approximate surface area is 588 Å². The van der Waals surface area contributed by atoms with Crippen LogP contribution in [-0.2, 0) is 87.8 Å². The maximum absolute atomic E-state index is 7.74. The van der Waals surface area contributed by atoms with E-state index in [2.05, 4.69) is 41.7 Å². The molecular weight excluding hydrogens is 1280 g/mol. The first-order chi connectivity index (χ1) is 49.8. The van der Waals surface area contributed by atoms with E-state index >= 15 is 0 Å². The summed E-state index contributed by atoms with van der Waals surface area (Å²) in [5, 5.41) is 3.95. The molecule has 2 saturated heterocycles. The largest absolute Gasteiger partial charge is 0.497 e. The number of benzene rings is 9. The van der Waals surface area contributed by atoms with E-state index in [9.17, 15) is 0 Å². The van der Waals surface area contributed by atoms with Gasteiger partial charge in [0.05, 0.1) is 94.7 Å². The van der Waals surface area contributed by atoms with Gasteiger partial charge in [0.25, 0.3) is 0 Å². The molecule has 13 rings (SSSR count). The molecule has 0 spiro atoms. The highest BCUT2D eigenvalue weighted by Crippen LogP contribution is 2.44. The topological polar surface area (TPSA) is 185 Å². The molecular formula is C82H83N5O14. The number of imidazole rings is 1. The summed E-state index contributed by atoms with van der Waals surface area (Å²) in [4.78, 5) is 15.2. The van der Waals surface area contributed by atoms with Gasteiger partial charge in [-0.25, -0.2) is 15.0 Å². The highest BCUT2D eigenvalue weighted by atomic mass is 16.7. The van der Waals surface area contributed by atoms with Gasteiger partial charge in [0.1, 0.15) is 83.3 Å². The van der Waals surface area contributed by atoms with Crippen LogP contribution in [-0.4, -0.2) is 117 Å². The molecule has 2 fully saturated rings. The van der Waals surface area contributed by atoms with Crippen molar-refractivity contribution >= 4 is 17.0 Å². The molecule has 0 amide bonds. The lowest BCUT2D eigenvalue weighted by Gasteiger charge is -2.47. The summed E-state index contributed by atoms with van der Waals surface area (Å²) in [5.41, 5.74) is 8.07. The molecule has 9 aromatic carbocycles. The molecule has 19 heteroatoms. The Morgan fingerprint density at radius 1 is 0.366 bits per heavy atom. The number of ether oxygens (including phenoxy) is 14. The van der Waals surface area contributed by atoms with Crippen LogP contribution in [0.5, 0.6) is 28.7 Å². The van der Waals surface area contributed by atoms with Gasteiger partial charge in [0, 0.05) is 0 Å². The van der Waals surface area contributed by atoms with Crippen LogP contribution in [0.15, 0.2) is 255 Å². The predicted molar refractivity (Wildman–Crippen MR) is 381 cm³/mol. The van der Waals surface area contributed by atoms with E-state index in [1.54, 1.807) is 41.9 Å². The van der Waals surface area contributed by atoms with Crippen LogP contribution in [0.4, 0.5) is 5.82 Å². The third kappa shape index (κ3) is 16.7. The fourth-order valence-electron chi connectivity index (χ4n) is 12.9. The van der Waals surface area contributed by atoms with Gasteiger partial charge in [-0.05, 0) is 111 Å². The third-order valence-corrected chi connectivity index (χ3v) is 18.2. The lowest BCUT2D eigenvalue weighted by atomic mass is 9.77. The van der Waals surface area contributed by atoms with Crippen molar-refractivity contribution < 1.29 is 66.3 Å². The Morgan fingerprint density at radius 3 is 1.20 bits per heavy atom. The van der Waals surface area contributed by atoms with Crippen molar-refractivity contribution in [1.29, 1.82) is 0 Å². The van der Waals surface area contributed by atoms with Crippen LogP contribution in [0.25, 0.3) is 11.2 Å². The van der Waals surface area contributed by atoms with Crippen molar-refractivity contribution in [2.75, 3.05) is 54.1 Å². The molecule has 19 nitrogen and oxygen atoms in total. The van der Waals surface area contributed by atoms with Gasteiger partial charge in [0.15, 0.2) is 29.5 Å². The van der Waals surface area contributed by atoms with E-state index in [1.807, 2.05) is 211 Å². The minimum Gasteiger partial charge on any atom is -0.497 e. The van der Waals surface area contributed by atoms with E-state index in [0.29, 0.717) is 46.6 Å². The molecule has 0 aliphatic carbocycles. The Morgan fingerprint density at radius 2 is 0.743 bits per heavy atom. The highest BCUT2D eigenvalue weighted by Gasteiger charge is 2.55. The maximum atomic E-state index is 7.74. The van der Waals surface area contributed by atoms with Gasteiger partial charge in [-0.2, -0.15) is 0 Å². The summed E-state index contributed by atoms with van der Waals surface area (Å²) in [6, 6.07) is 79.5. The number of anilines is 1. The fourth-order valence-corrected chi connectivity index (χ4v) is 12.9. The minimum absolute atomic E-state index is 0.0487. The molecule has 2 aromatic heterocycles. The number of fused-ring (bicyclic) bond motifs is 1. The molecule has 0 bridgehead atoms. The average Bonchev–Trinajstić information content (AvgIpc) is 1.73. The van der Waals surface area contributed by atoms with E-state index < -0.39 is 60.8 Å². The molecule has 1 N–H and O–H groups in total. The average molecular weight is 1360 g/mol. The number of methoxy groups -OCH3 is 5. The second kappa shape index (κ2) is 33.9. The molecule has 2 aliphatic rings. The van der Waals surface area contributed by atoms with Crippen molar-refractivity contribution in [3.05, 3.63) is 305 Å². The van der Waals surface area contributed by atoms with Crippen molar-refractivity contribution in [2.45, 2.75) is 100 Å². The molecule has 520 valence electrons. The number of nitrogens with one attached hydrogen (secondary N) is 1. The van der Waals surface area contributed by atoms with Gasteiger partial charge < -0.3 is 71.6 Å². The summed E-state index contributed by atoms with van der Waals surface area (Å²) >= 11 is 0. The first-order valence-electron chi connectivity index (χ1n) is 33.7. The summed E-state index contributed by atoms with van der Waals surface area (Å²) in [5.74, 6) is 3.98. The zero-order valence-electron chi connectivity index (χ0n) is 57.1. The Balaban J connectivity index is 0.929. The zero-order valence-corrected chi connectivity index (χ0v) is 57.1. The molecule has 101 heavy (non-hydrogen) atoms. The Hall–Kier alpha value is -10.0. The van der Waals surface area contributed by atoms with Crippen molar-refractivity contribution in [3.8, 4) is 28.7 Å². The molecule has 0 radical (unpaired) electrons. The predicted octanol–water partition coefficient (Wildman–Crippen LogP) is 14.1. The monoisotopic (exact) mass is 1360 g/mol. The number of hydrogen-bond acceptors (Lipinski definition) is 18. The third-order valence-electron chi connectivity index (χ3n) is 18.2. The zero-order chi connectivity index (χ0) is 69.2. The fraction of sp³-hybridized carbons (Fsp3) is 0.280. The SMILES string of the molecule is COc1ccc(CO[C@@H]2[C@@H](OCc3ccccc3)[C@@H](O[C@H]3[C@@H](OCc4ccc(OC)cc4)[C@H](n4cnc5c(NC(c6ccccc6)(c6ccc(OC)cc6)c6ccc(OC)cc6)ncnc54)O[C@@H]3COCc3ccccc3)O[C@H](COCc3ccccc3)[C@H]2OCc2ccc(OC)cc2)cc1. The van der Waals surface area contributed by atoms with E-state index in [1.165, 1.54) is 6.33 Å². The number of hydrogen-bond donors (Lipinski definition) is 1. The summed E-state index contributed by atoms with van der Waals surface area (Å²) in [7, 11) is 8.24. The van der Waals surface area contributed by atoms with E-state index in [-0.39, 0.29) is 46.2 Å². The van der Waals surface area contributed by atoms with Crippen molar-refractivity contribution in [2.24, 2.45) is 0 Å². The Kier molecular flexibility index (Phi) is 23.3. The smallest absolute Gasteiger partial charge is 0.187 e. The molecule has 0 unspecified atom stereocenters. The second-order valence-corrected chi connectivity index (χ2v) is 24.6. The molecule has 0 saturated carbocycles. The standard InChI is InChI=1S/C82H83N5O14/c1-88-65-36-26-59(27-37-65)49-95-73-70(52-93-46-56-18-10-6-11-19-56)100-81(77(98-48-58-22-14-8-15-23-58)75(73)96-50-60-28-38-66(89-2)39-29-60)101-74-71(53-94-47-57-20-12-7-13-21-57)99-80(76(74)97-51-61-30-40-67(90-3)41-31-61)87-55-85-72-78(83-54-84-79(72)87)86-82(62-24-16-9-17-25-62,63-32-42-68(91-4)43-33-63)64-34-44-69(92-5)45-35-64/h6-45,54-55,70-71,73-77,80-81H,46-53H2,1-5H3,(H,83,84,86)/t70-,71-,73-,74-,75+,76-,77-,80-,81-/m1/s1. The van der Waals surface area contributed by atoms with E-state index in [4.69, 9.17) is 81.3 Å². The van der Waals surface area contributed by atoms with Crippen LogP contribution in [0.3, 0.4) is 0 Å². The molecule has 9 atom stereocenters. The first-order valence-corrected chi connectivity index (χ1v) is 33.7. The van der Waals surface area contributed by atoms with Crippen LogP contribution < -0.4 is 29.0 Å². The molecule has 11 aromatic rings. The lowest BCUT2D eigenvalue weighted by molar-refractivity contribution is -0.342. The van der Waals surface area contributed by atoms with Crippen LogP contribution >= 0.6 is 0 Å². The highest BCUT2D eigenvalue weighted by molar-refractivity contribution is 5.84. The maximum Gasteiger partial charge on any atom is 0.187 e. The van der Waals surface area contributed by atoms with Crippen molar-refractivity contribution in [3.63, 3.8) is 0 Å². The Bertz CT molecular complexity index is 4250. The number of rotatable bonds is 33. The van der Waals surface area contributed by atoms with Crippen molar-refractivity contribution in [1.82, 2.24) is 19.5 Å².